The van der Waals surface area contributed by atoms with E-state index in [1.807, 2.05) is 13.8 Å². The van der Waals surface area contributed by atoms with Crippen molar-refractivity contribution in [3.05, 3.63) is 18.0 Å². The Labute approximate surface area is 106 Å². The third-order valence-corrected chi connectivity index (χ3v) is 3.16. The molecule has 0 saturated carbocycles. The number of hydrogen-bond donors (Lipinski definition) is 2. The molecule has 6 heteroatoms. The van der Waals surface area contributed by atoms with Crippen LogP contribution in [0.2, 0.25) is 0 Å². The molecule has 1 aliphatic heterocycles. The number of carbonyl (C=O) groups is 2. The molecule has 1 aliphatic rings. The third-order valence-electron chi connectivity index (χ3n) is 3.16. The molecule has 1 saturated heterocycles. The summed E-state index contributed by atoms with van der Waals surface area (Å²) in [6, 6.07) is -0.416. The highest BCUT2D eigenvalue weighted by Gasteiger charge is 2.38. The summed E-state index contributed by atoms with van der Waals surface area (Å²) in [5.74, 6) is -0.198. The fourth-order valence-corrected chi connectivity index (χ4v) is 2.17. The molecule has 6 nitrogen and oxygen atoms in total. The molecule has 0 spiro atoms. The number of aromatic nitrogens is 2. The predicted octanol–water partition coefficient (Wildman–Crippen LogP) is 0.598. The Morgan fingerprint density at radius 3 is 3.00 bits per heavy atom. The van der Waals surface area contributed by atoms with Gasteiger partial charge in [-0.2, -0.15) is 5.10 Å². The number of carbonyl (C=O) groups excluding carboxylic acids is 2. The highest BCUT2D eigenvalue weighted by atomic mass is 16.2. The minimum atomic E-state index is -0.408. The molecule has 0 aromatic carbocycles. The molecule has 2 rings (SSSR count). The zero-order valence-electron chi connectivity index (χ0n) is 10.6. The fourth-order valence-electron chi connectivity index (χ4n) is 2.17. The van der Waals surface area contributed by atoms with Crippen molar-refractivity contribution < 1.29 is 9.59 Å². The predicted molar refractivity (Wildman–Crippen MR) is 65.6 cm³/mol. The van der Waals surface area contributed by atoms with E-state index in [-0.39, 0.29) is 24.3 Å². The first kappa shape index (κ1) is 12.8. The molecule has 1 fully saturated rings. The van der Waals surface area contributed by atoms with Crippen molar-refractivity contribution >= 4 is 11.8 Å². The third kappa shape index (κ3) is 2.43. The van der Waals surface area contributed by atoms with Gasteiger partial charge in [0.25, 0.3) is 0 Å². The summed E-state index contributed by atoms with van der Waals surface area (Å²) in [7, 11) is 0. The van der Waals surface area contributed by atoms with E-state index in [1.54, 1.807) is 12.4 Å². The lowest BCUT2D eigenvalue weighted by molar-refractivity contribution is -0.138. The number of amides is 2. The standard InChI is InChI=1S/C12H18N4O2/c1-3-4-16-11(17)5-10(12(16)18)15-8(2)9-6-13-14-7-9/h6-8,10,15H,3-5H2,1-2H3,(H,13,14). The van der Waals surface area contributed by atoms with Crippen molar-refractivity contribution in [1.82, 2.24) is 20.4 Å². The zero-order valence-corrected chi connectivity index (χ0v) is 10.6. The molecule has 2 atom stereocenters. The highest BCUT2D eigenvalue weighted by molar-refractivity contribution is 6.05. The Kier molecular flexibility index (Phi) is 3.76. The Morgan fingerprint density at radius 1 is 1.61 bits per heavy atom. The molecule has 2 amide bonds. The van der Waals surface area contributed by atoms with Gasteiger partial charge in [0.1, 0.15) is 0 Å². The minimum Gasteiger partial charge on any atom is -0.299 e. The van der Waals surface area contributed by atoms with Gasteiger partial charge in [0.15, 0.2) is 0 Å². The number of aromatic amines is 1. The Hall–Kier alpha value is -1.69. The SMILES string of the molecule is CCCN1C(=O)CC(NC(C)c2cn[nH]c2)C1=O. The lowest BCUT2D eigenvalue weighted by Crippen LogP contribution is -2.40. The van der Waals surface area contributed by atoms with E-state index in [9.17, 15) is 9.59 Å². The fraction of sp³-hybridized carbons (Fsp3) is 0.583. The van der Waals surface area contributed by atoms with Crippen LogP contribution in [-0.2, 0) is 9.59 Å². The van der Waals surface area contributed by atoms with Gasteiger partial charge in [-0.05, 0) is 13.3 Å². The van der Waals surface area contributed by atoms with Gasteiger partial charge in [0.05, 0.1) is 18.7 Å². The van der Waals surface area contributed by atoms with Gasteiger partial charge >= 0.3 is 0 Å². The number of nitrogens with zero attached hydrogens (tertiary/aromatic N) is 2. The summed E-state index contributed by atoms with van der Waals surface area (Å²) in [4.78, 5) is 25.1. The average molecular weight is 250 g/mol. The lowest BCUT2D eigenvalue weighted by Gasteiger charge is -2.17. The van der Waals surface area contributed by atoms with Crippen molar-refractivity contribution in [1.29, 1.82) is 0 Å². The molecular formula is C12H18N4O2. The zero-order chi connectivity index (χ0) is 13.1. The maximum atomic E-state index is 12.0. The molecular weight excluding hydrogens is 232 g/mol. The van der Waals surface area contributed by atoms with Crippen LogP contribution in [0.4, 0.5) is 0 Å². The summed E-state index contributed by atoms with van der Waals surface area (Å²) >= 11 is 0. The number of imide groups is 1. The maximum absolute atomic E-state index is 12.0. The van der Waals surface area contributed by atoms with Gasteiger partial charge in [0, 0.05) is 24.3 Å². The van der Waals surface area contributed by atoms with Crippen molar-refractivity contribution in [2.24, 2.45) is 0 Å². The normalized spacial score (nSPS) is 21.7. The summed E-state index contributed by atoms with van der Waals surface area (Å²) in [5.41, 5.74) is 0.976. The van der Waals surface area contributed by atoms with Gasteiger partial charge < -0.3 is 0 Å². The van der Waals surface area contributed by atoms with E-state index in [4.69, 9.17) is 0 Å². The van der Waals surface area contributed by atoms with Crippen LogP contribution in [0, 0.1) is 0 Å². The van der Waals surface area contributed by atoms with E-state index in [0.717, 1.165) is 12.0 Å². The van der Waals surface area contributed by atoms with Gasteiger partial charge in [-0.1, -0.05) is 6.92 Å². The Bertz CT molecular complexity index is 429. The Balaban J connectivity index is 1.99. The molecule has 2 unspecified atom stereocenters. The van der Waals surface area contributed by atoms with Crippen molar-refractivity contribution in [3.8, 4) is 0 Å². The minimum absolute atomic E-state index is 0.00734. The first-order valence-electron chi connectivity index (χ1n) is 6.22. The van der Waals surface area contributed by atoms with Gasteiger partial charge in [-0.25, -0.2) is 0 Å². The van der Waals surface area contributed by atoms with Crippen LogP contribution in [0.15, 0.2) is 12.4 Å². The van der Waals surface area contributed by atoms with Gasteiger partial charge in [0.2, 0.25) is 11.8 Å². The molecule has 0 bridgehead atoms. The van der Waals surface area contributed by atoms with Crippen LogP contribution < -0.4 is 5.32 Å². The maximum Gasteiger partial charge on any atom is 0.246 e. The smallest absolute Gasteiger partial charge is 0.246 e. The molecule has 2 heterocycles. The largest absolute Gasteiger partial charge is 0.299 e. The second-order valence-electron chi connectivity index (χ2n) is 4.56. The Morgan fingerprint density at radius 2 is 2.39 bits per heavy atom. The molecule has 2 N–H and O–H groups in total. The molecule has 1 aromatic heterocycles. The summed E-state index contributed by atoms with van der Waals surface area (Å²) in [5, 5.41) is 9.78. The summed E-state index contributed by atoms with van der Waals surface area (Å²) in [6.45, 7) is 4.41. The van der Waals surface area contributed by atoms with E-state index in [1.165, 1.54) is 4.90 Å². The monoisotopic (exact) mass is 250 g/mol. The molecule has 0 aliphatic carbocycles. The topological polar surface area (TPSA) is 78.1 Å². The van der Waals surface area contributed by atoms with Gasteiger partial charge in [-0.3, -0.25) is 24.9 Å². The first-order valence-corrected chi connectivity index (χ1v) is 6.22. The summed E-state index contributed by atoms with van der Waals surface area (Å²) in [6.07, 6.45) is 4.54. The van der Waals surface area contributed by atoms with E-state index in [0.29, 0.717) is 6.54 Å². The molecule has 98 valence electrons. The van der Waals surface area contributed by atoms with E-state index in [2.05, 4.69) is 15.5 Å². The van der Waals surface area contributed by atoms with Crippen molar-refractivity contribution in [2.45, 2.75) is 38.8 Å². The second kappa shape index (κ2) is 5.30. The van der Waals surface area contributed by atoms with Crippen LogP contribution in [0.3, 0.4) is 0 Å². The van der Waals surface area contributed by atoms with Crippen LogP contribution in [0.25, 0.3) is 0 Å². The average Bonchev–Trinajstić information content (AvgIpc) is 2.94. The highest BCUT2D eigenvalue weighted by Crippen LogP contribution is 2.18. The van der Waals surface area contributed by atoms with E-state index < -0.39 is 6.04 Å². The van der Waals surface area contributed by atoms with Gasteiger partial charge in [-0.15, -0.1) is 0 Å². The van der Waals surface area contributed by atoms with Crippen molar-refractivity contribution in [2.75, 3.05) is 6.54 Å². The molecule has 0 radical (unpaired) electrons. The first-order chi connectivity index (χ1) is 8.63. The number of likely N-dealkylation sites (tertiary alicyclic amines) is 1. The number of H-pyrrole nitrogens is 1. The number of nitrogens with one attached hydrogen (secondary N) is 2. The quantitative estimate of drug-likeness (QED) is 0.750. The van der Waals surface area contributed by atoms with Crippen LogP contribution in [-0.4, -0.2) is 39.5 Å². The van der Waals surface area contributed by atoms with Crippen LogP contribution in [0.1, 0.15) is 38.3 Å². The van der Waals surface area contributed by atoms with Crippen LogP contribution >= 0.6 is 0 Å². The number of hydrogen-bond acceptors (Lipinski definition) is 4. The van der Waals surface area contributed by atoms with Crippen molar-refractivity contribution in [3.63, 3.8) is 0 Å². The summed E-state index contributed by atoms with van der Waals surface area (Å²) < 4.78 is 0. The second-order valence-corrected chi connectivity index (χ2v) is 4.56. The van der Waals surface area contributed by atoms with Crippen LogP contribution in [0.5, 0.6) is 0 Å². The molecule has 1 aromatic rings. The lowest BCUT2D eigenvalue weighted by atomic mass is 10.1. The van der Waals surface area contributed by atoms with E-state index >= 15 is 0 Å². The number of rotatable bonds is 5. The molecule has 18 heavy (non-hydrogen) atoms.